The summed E-state index contributed by atoms with van der Waals surface area (Å²) in [5.41, 5.74) is 2.50. The molecule has 4 nitrogen and oxygen atoms in total. The standard InChI is InChI=1S/C12H13N2O2S/c1-8-6-9(2)11(10(3)7-8)17(15,16)12-13-4-5-14-12/h4-7H,1-3H3/q-1. The third-order valence-corrected chi connectivity index (χ3v) is 4.42. The van der Waals surface area contributed by atoms with Crippen LogP contribution in [0, 0.1) is 20.8 Å². The maximum Gasteiger partial charge on any atom is 0.199 e. The van der Waals surface area contributed by atoms with Gasteiger partial charge in [0, 0.05) is 5.16 Å². The Labute approximate surface area is 101 Å². The van der Waals surface area contributed by atoms with E-state index in [-0.39, 0.29) is 5.16 Å². The quantitative estimate of drug-likeness (QED) is 0.814. The van der Waals surface area contributed by atoms with Crippen LogP contribution in [0.3, 0.4) is 0 Å². The topological polar surface area (TPSA) is 61.1 Å². The lowest BCUT2D eigenvalue weighted by molar-refractivity contribution is 0.587. The highest BCUT2D eigenvalue weighted by atomic mass is 32.2. The highest BCUT2D eigenvalue weighted by molar-refractivity contribution is 7.91. The van der Waals surface area contributed by atoms with Crippen molar-refractivity contribution < 1.29 is 8.42 Å². The Morgan fingerprint density at radius 3 is 2.18 bits per heavy atom. The summed E-state index contributed by atoms with van der Waals surface area (Å²) in [6, 6.07) is 3.70. The normalized spacial score (nSPS) is 11.7. The number of hydrogen-bond acceptors (Lipinski definition) is 3. The maximum atomic E-state index is 12.3. The Bertz CT molecular complexity index is 620. The van der Waals surface area contributed by atoms with E-state index in [2.05, 4.69) is 9.97 Å². The van der Waals surface area contributed by atoms with E-state index in [1.54, 1.807) is 13.8 Å². The average Bonchev–Trinajstić information content (AvgIpc) is 2.67. The van der Waals surface area contributed by atoms with Gasteiger partial charge in [0.2, 0.25) is 0 Å². The van der Waals surface area contributed by atoms with E-state index in [0.29, 0.717) is 4.90 Å². The lowest BCUT2D eigenvalue weighted by atomic mass is 10.1. The van der Waals surface area contributed by atoms with Gasteiger partial charge < -0.3 is 9.97 Å². The minimum Gasteiger partial charge on any atom is -0.433 e. The van der Waals surface area contributed by atoms with Crippen LogP contribution in [0.15, 0.2) is 34.6 Å². The van der Waals surface area contributed by atoms with Crippen LogP contribution in [0.25, 0.3) is 0 Å². The Morgan fingerprint density at radius 2 is 1.71 bits per heavy atom. The van der Waals surface area contributed by atoms with Gasteiger partial charge in [0.25, 0.3) is 0 Å². The highest BCUT2D eigenvalue weighted by Crippen LogP contribution is 2.25. The Balaban J connectivity index is 2.71. The average molecular weight is 249 g/mol. The fourth-order valence-electron chi connectivity index (χ4n) is 2.05. The van der Waals surface area contributed by atoms with Crippen molar-refractivity contribution in [1.29, 1.82) is 0 Å². The van der Waals surface area contributed by atoms with Crippen LogP contribution in [0.2, 0.25) is 0 Å². The molecule has 0 aliphatic rings. The first kappa shape index (κ1) is 11.9. The minimum atomic E-state index is -3.60. The van der Waals surface area contributed by atoms with Gasteiger partial charge in [0.05, 0.1) is 4.90 Å². The van der Waals surface area contributed by atoms with E-state index >= 15 is 0 Å². The molecule has 0 N–H and O–H groups in total. The predicted octanol–water partition coefficient (Wildman–Crippen LogP) is 1.80. The number of rotatable bonds is 2. The second kappa shape index (κ2) is 4.00. The second-order valence-corrected chi connectivity index (χ2v) is 5.85. The van der Waals surface area contributed by atoms with Crippen LogP contribution >= 0.6 is 0 Å². The maximum absolute atomic E-state index is 12.3. The Hall–Kier alpha value is -1.62. The molecule has 0 atom stereocenters. The zero-order chi connectivity index (χ0) is 12.6. The minimum absolute atomic E-state index is 0.132. The fraction of sp³-hybridized carbons (Fsp3) is 0.250. The van der Waals surface area contributed by atoms with Crippen LogP contribution < -0.4 is 4.98 Å². The van der Waals surface area contributed by atoms with Gasteiger partial charge in [0.1, 0.15) is 0 Å². The monoisotopic (exact) mass is 249 g/mol. The highest BCUT2D eigenvalue weighted by Gasteiger charge is 2.19. The van der Waals surface area contributed by atoms with Gasteiger partial charge in [-0.05, 0) is 31.9 Å². The van der Waals surface area contributed by atoms with Gasteiger partial charge >= 0.3 is 0 Å². The number of benzene rings is 1. The van der Waals surface area contributed by atoms with Gasteiger partial charge in [-0.1, -0.05) is 30.1 Å². The molecule has 1 aromatic heterocycles. The molecule has 0 fully saturated rings. The third-order valence-electron chi connectivity index (χ3n) is 2.55. The molecule has 0 saturated heterocycles. The Morgan fingerprint density at radius 1 is 1.12 bits per heavy atom. The largest absolute Gasteiger partial charge is 0.433 e. The number of aryl methyl sites for hydroxylation is 3. The molecule has 0 aliphatic heterocycles. The molecule has 0 bridgehead atoms. The molecule has 17 heavy (non-hydrogen) atoms. The zero-order valence-corrected chi connectivity index (χ0v) is 10.7. The van der Waals surface area contributed by atoms with Crippen molar-refractivity contribution in [2.24, 2.45) is 0 Å². The van der Waals surface area contributed by atoms with Gasteiger partial charge in [0.15, 0.2) is 9.84 Å². The summed E-state index contributed by atoms with van der Waals surface area (Å²) < 4.78 is 24.6. The van der Waals surface area contributed by atoms with E-state index in [0.717, 1.165) is 16.7 Å². The lowest BCUT2D eigenvalue weighted by Crippen LogP contribution is -2.09. The van der Waals surface area contributed by atoms with Crippen molar-refractivity contribution >= 4 is 9.84 Å². The summed E-state index contributed by atoms with van der Waals surface area (Å²) in [7, 11) is -3.60. The van der Waals surface area contributed by atoms with Crippen LogP contribution in [0.4, 0.5) is 0 Å². The molecular weight excluding hydrogens is 236 g/mol. The van der Waals surface area contributed by atoms with Crippen molar-refractivity contribution in [2.45, 2.75) is 30.8 Å². The molecule has 2 aromatic rings. The molecule has 0 unspecified atom stereocenters. The van der Waals surface area contributed by atoms with E-state index in [1.807, 2.05) is 19.1 Å². The van der Waals surface area contributed by atoms with E-state index in [1.165, 1.54) is 12.4 Å². The van der Waals surface area contributed by atoms with Gasteiger partial charge in [-0.15, -0.1) is 0 Å². The number of sulfone groups is 1. The summed E-state index contributed by atoms with van der Waals surface area (Å²) in [4.78, 5) is 7.85. The molecule has 5 heteroatoms. The first-order valence-corrected chi connectivity index (χ1v) is 6.68. The first-order chi connectivity index (χ1) is 7.93. The number of aromatic nitrogens is 2. The van der Waals surface area contributed by atoms with Crippen molar-refractivity contribution in [2.75, 3.05) is 0 Å². The summed E-state index contributed by atoms with van der Waals surface area (Å²) in [6.45, 7) is 5.51. The number of nitrogens with zero attached hydrogens (tertiary/aromatic N) is 2. The summed E-state index contributed by atoms with van der Waals surface area (Å²) >= 11 is 0. The molecule has 0 radical (unpaired) electrons. The molecular formula is C12H13N2O2S-. The number of imidazole rings is 1. The zero-order valence-electron chi connectivity index (χ0n) is 9.93. The molecule has 1 heterocycles. The molecule has 0 saturated carbocycles. The number of hydrogen-bond donors (Lipinski definition) is 0. The molecule has 1 aromatic carbocycles. The van der Waals surface area contributed by atoms with Crippen molar-refractivity contribution in [3.05, 3.63) is 41.2 Å². The third kappa shape index (κ3) is 1.98. The predicted molar refractivity (Wildman–Crippen MR) is 63.7 cm³/mol. The fourth-order valence-corrected chi connectivity index (χ4v) is 3.60. The molecule has 0 spiro atoms. The Kier molecular flexibility index (Phi) is 2.79. The van der Waals surface area contributed by atoms with Crippen molar-refractivity contribution in [3.8, 4) is 0 Å². The van der Waals surface area contributed by atoms with Crippen LogP contribution in [-0.2, 0) is 9.84 Å². The van der Waals surface area contributed by atoms with Gasteiger partial charge in [-0.25, -0.2) is 8.42 Å². The SMILES string of the molecule is Cc1cc(C)c(S(=O)(=O)c2ncc[n-]2)c(C)c1. The van der Waals surface area contributed by atoms with Gasteiger partial charge in [-0.2, -0.15) is 0 Å². The van der Waals surface area contributed by atoms with Crippen molar-refractivity contribution in [3.63, 3.8) is 0 Å². The summed E-state index contributed by atoms with van der Waals surface area (Å²) in [6.07, 6.45) is 2.76. The molecule has 2 rings (SSSR count). The van der Waals surface area contributed by atoms with E-state index < -0.39 is 9.84 Å². The van der Waals surface area contributed by atoms with Crippen LogP contribution in [-0.4, -0.2) is 13.4 Å². The summed E-state index contributed by atoms with van der Waals surface area (Å²) in [5.74, 6) is 0. The molecule has 0 amide bonds. The second-order valence-electron chi connectivity index (χ2n) is 4.07. The first-order valence-electron chi connectivity index (χ1n) is 5.19. The lowest BCUT2D eigenvalue weighted by Gasteiger charge is -2.13. The van der Waals surface area contributed by atoms with Crippen molar-refractivity contribution in [1.82, 2.24) is 9.97 Å². The smallest absolute Gasteiger partial charge is 0.199 e. The van der Waals surface area contributed by atoms with E-state index in [4.69, 9.17) is 0 Å². The van der Waals surface area contributed by atoms with E-state index in [9.17, 15) is 8.42 Å². The van der Waals surface area contributed by atoms with Crippen LogP contribution in [0.5, 0.6) is 0 Å². The molecule has 90 valence electrons. The van der Waals surface area contributed by atoms with Gasteiger partial charge in [-0.3, -0.25) is 0 Å². The van der Waals surface area contributed by atoms with Crippen LogP contribution in [0.1, 0.15) is 16.7 Å². The summed E-state index contributed by atoms with van der Waals surface area (Å²) in [5, 5.41) is -0.132. The molecule has 0 aliphatic carbocycles.